The first-order chi connectivity index (χ1) is 6.83. The van der Waals surface area contributed by atoms with Crippen LogP contribution in [0.2, 0.25) is 0 Å². The van der Waals surface area contributed by atoms with E-state index in [1.807, 2.05) is 12.1 Å². The minimum Gasteiger partial charge on any atom is -0.277 e. The summed E-state index contributed by atoms with van der Waals surface area (Å²) in [6.07, 6.45) is 0. The number of nitrogens with zero attached hydrogens (tertiary/aromatic N) is 2. The van der Waals surface area contributed by atoms with Gasteiger partial charge in [-0.2, -0.15) is 9.65 Å². The van der Waals surface area contributed by atoms with Gasteiger partial charge in [0.15, 0.2) is 5.95 Å². The third-order valence-electron chi connectivity index (χ3n) is 1.96. The van der Waals surface area contributed by atoms with E-state index in [1.54, 1.807) is 24.3 Å². The molecule has 0 radical (unpaired) electrons. The van der Waals surface area contributed by atoms with Gasteiger partial charge in [0.2, 0.25) is 0 Å². The number of benzene rings is 1. The molecule has 0 aliphatic carbocycles. The van der Waals surface area contributed by atoms with Crippen LogP contribution in [0.1, 0.15) is 5.69 Å². The van der Waals surface area contributed by atoms with Crippen molar-refractivity contribution in [3.8, 4) is 11.8 Å². The Labute approximate surface area is 80.8 Å². The predicted octanol–water partition coefficient (Wildman–Crippen LogP) is 2.49. The molecule has 0 amide bonds. The number of aromatic nitrogens is 1. The van der Waals surface area contributed by atoms with Crippen molar-refractivity contribution in [3.63, 3.8) is 0 Å². The molecule has 14 heavy (non-hydrogen) atoms. The quantitative estimate of drug-likeness (QED) is 0.672. The Kier molecular flexibility index (Phi) is 2.04. The monoisotopic (exact) mass is 186 g/mol. The highest BCUT2D eigenvalue weighted by Crippen LogP contribution is 2.14. The smallest absolute Gasteiger partial charge is 0.199 e. The maximum Gasteiger partial charge on any atom is 0.199 e. The van der Waals surface area contributed by atoms with Crippen molar-refractivity contribution in [2.45, 2.75) is 0 Å². The van der Waals surface area contributed by atoms with Gasteiger partial charge in [-0.3, -0.25) is 4.57 Å². The fourth-order valence-electron chi connectivity index (χ4n) is 1.34. The number of halogens is 1. The third-order valence-corrected chi connectivity index (χ3v) is 1.96. The number of rotatable bonds is 1. The molecule has 0 bridgehead atoms. The van der Waals surface area contributed by atoms with Gasteiger partial charge >= 0.3 is 0 Å². The first-order valence-electron chi connectivity index (χ1n) is 4.15. The SMILES string of the molecule is N#Cc1ccc(F)n1-c1ccccc1. The van der Waals surface area contributed by atoms with Crippen molar-refractivity contribution in [3.05, 3.63) is 54.1 Å². The van der Waals surface area contributed by atoms with Crippen molar-refractivity contribution in [1.82, 2.24) is 4.57 Å². The van der Waals surface area contributed by atoms with Gasteiger partial charge in [0, 0.05) is 5.69 Å². The largest absolute Gasteiger partial charge is 0.277 e. The summed E-state index contributed by atoms with van der Waals surface area (Å²) in [4.78, 5) is 0. The zero-order valence-electron chi connectivity index (χ0n) is 7.31. The second-order valence-electron chi connectivity index (χ2n) is 2.82. The van der Waals surface area contributed by atoms with Gasteiger partial charge in [0.25, 0.3) is 0 Å². The Morgan fingerprint density at radius 2 is 1.79 bits per heavy atom. The van der Waals surface area contributed by atoms with E-state index < -0.39 is 5.95 Å². The zero-order chi connectivity index (χ0) is 9.97. The second kappa shape index (κ2) is 3.35. The second-order valence-corrected chi connectivity index (χ2v) is 2.82. The minimum absolute atomic E-state index is 0.300. The Hall–Kier alpha value is -2.08. The van der Waals surface area contributed by atoms with Crippen LogP contribution in [0.3, 0.4) is 0 Å². The molecule has 0 fully saturated rings. The molecule has 68 valence electrons. The van der Waals surface area contributed by atoms with Crippen LogP contribution in [0, 0.1) is 17.3 Å². The van der Waals surface area contributed by atoms with Crippen LogP contribution in [0.25, 0.3) is 5.69 Å². The lowest BCUT2D eigenvalue weighted by Gasteiger charge is -2.04. The van der Waals surface area contributed by atoms with Crippen molar-refractivity contribution < 1.29 is 4.39 Å². The molecule has 0 aliphatic rings. The van der Waals surface area contributed by atoms with Crippen LogP contribution in [-0.2, 0) is 0 Å². The average molecular weight is 186 g/mol. The van der Waals surface area contributed by atoms with Crippen molar-refractivity contribution in [1.29, 1.82) is 5.26 Å². The summed E-state index contributed by atoms with van der Waals surface area (Å²) in [7, 11) is 0. The molecule has 1 aromatic carbocycles. The van der Waals surface area contributed by atoms with E-state index in [4.69, 9.17) is 5.26 Å². The molecule has 1 aromatic heterocycles. The molecule has 0 atom stereocenters. The molecule has 0 saturated carbocycles. The van der Waals surface area contributed by atoms with E-state index in [0.717, 1.165) is 0 Å². The summed E-state index contributed by atoms with van der Waals surface area (Å²) in [5, 5.41) is 8.76. The maximum atomic E-state index is 13.3. The third kappa shape index (κ3) is 1.27. The van der Waals surface area contributed by atoms with Crippen LogP contribution in [0.4, 0.5) is 4.39 Å². The summed E-state index contributed by atoms with van der Waals surface area (Å²) < 4.78 is 14.6. The molecule has 0 spiro atoms. The van der Waals surface area contributed by atoms with Crippen LogP contribution in [-0.4, -0.2) is 4.57 Å². The highest BCUT2D eigenvalue weighted by Gasteiger charge is 2.07. The van der Waals surface area contributed by atoms with Crippen molar-refractivity contribution >= 4 is 0 Å². The van der Waals surface area contributed by atoms with Gasteiger partial charge in [0.05, 0.1) is 0 Å². The van der Waals surface area contributed by atoms with Crippen LogP contribution in [0.5, 0.6) is 0 Å². The van der Waals surface area contributed by atoms with Gasteiger partial charge in [-0.15, -0.1) is 0 Å². The Bertz CT molecular complexity index is 480. The number of para-hydroxylation sites is 1. The first-order valence-corrected chi connectivity index (χ1v) is 4.15. The van der Waals surface area contributed by atoms with Gasteiger partial charge in [-0.25, -0.2) is 0 Å². The topological polar surface area (TPSA) is 28.7 Å². The number of nitriles is 1. The molecule has 1 heterocycles. The molecule has 0 unspecified atom stereocenters. The Morgan fingerprint density at radius 3 is 2.43 bits per heavy atom. The maximum absolute atomic E-state index is 13.3. The predicted molar refractivity (Wildman–Crippen MR) is 50.4 cm³/mol. The van der Waals surface area contributed by atoms with E-state index in [2.05, 4.69) is 0 Å². The molecule has 2 nitrogen and oxygen atoms in total. The fraction of sp³-hybridized carbons (Fsp3) is 0. The Morgan fingerprint density at radius 1 is 1.07 bits per heavy atom. The zero-order valence-corrected chi connectivity index (χ0v) is 7.31. The summed E-state index contributed by atoms with van der Waals surface area (Å²) in [6, 6.07) is 13.6. The molecule has 2 aromatic rings. The van der Waals surface area contributed by atoms with Gasteiger partial charge in [-0.1, -0.05) is 18.2 Å². The van der Waals surface area contributed by atoms with E-state index in [9.17, 15) is 4.39 Å². The molecule has 2 rings (SSSR count). The van der Waals surface area contributed by atoms with E-state index in [0.29, 0.717) is 11.4 Å². The van der Waals surface area contributed by atoms with Crippen LogP contribution in [0.15, 0.2) is 42.5 Å². The highest BCUT2D eigenvalue weighted by atomic mass is 19.1. The van der Waals surface area contributed by atoms with Crippen molar-refractivity contribution in [2.75, 3.05) is 0 Å². The molecular formula is C11H7FN2. The van der Waals surface area contributed by atoms with Gasteiger partial charge < -0.3 is 0 Å². The lowest BCUT2D eigenvalue weighted by atomic mass is 10.3. The summed E-state index contributed by atoms with van der Waals surface area (Å²) in [5.41, 5.74) is 0.959. The summed E-state index contributed by atoms with van der Waals surface area (Å²) in [5.74, 6) is -0.423. The van der Waals surface area contributed by atoms with E-state index in [1.165, 1.54) is 16.7 Å². The molecule has 0 aliphatic heterocycles. The lowest BCUT2D eigenvalue weighted by molar-refractivity contribution is 0.558. The van der Waals surface area contributed by atoms with E-state index in [-0.39, 0.29) is 0 Å². The first kappa shape index (κ1) is 8.52. The van der Waals surface area contributed by atoms with E-state index >= 15 is 0 Å². The molecular weight excluding hydrogens is 179 g/mol. The van der Waals surface area contributed by atoms with Gasteiger partial charge in [0.1, 0.15) is 11.8 Å². The van der Waals surface area contributed by atoms with Crippen LogP contribution < -0.4 is 0 Å². The molecule has 0 saturated heterocycles. The number of hydrogen-bond donors (Lipinski definition) is 0. The average Bonchev–Trinajstić information content (AvgIpc) is 2.61. The highest BCUT2D eigenvalue weighted by molar-refractivity contribution is 5.39. The van der Waals surface area contributed by atoms with Crippen LogP contribution >= 0.6 is 0 Å². The lowest BCUT2D eigenvalue weighted by Crippen LogP contribution is -1.99. The summed E-state index contributed by atoms with van der Waals surface area (Å²) in [6.45, 7) is 0. The Balaban J connectivity index is 2.63. The minimum atomic E-state index is -0.423. The van der Waals surface area contributed by atoms with Crippen molar-refractivity contribution in [2.24, 2.45) is 0 Å². The molecule has 3 heteroatoms. The molecule has 0 N–H and O–H groups in total. The normalized spacial score (nSPS) is 9.71. The summed E-state index contributed by atoms with van der Waals surface area (Å²) >= 11 is 0. The van der Waals surface area contributed by atoms with Gasteiger partial charge in [-0.05, 0) is 24.3 Å². The fourth-order valence-corrected chi connectivity index (χ4v) is 1.34. The standard InChI is InChI=1S/C11H7FN2/c12-11-7-6-10(8-13)14(11)9-4-2-1-3-5-9/h1-7H. The number of hydrogen-bond acceptors (Lipinski definition) is 1.